The number of halogens is 4. The number of pyridine rings is 1. The maximum absolute atomic E-state index is 14.3. The Balaban J connectivity index is 1.65. The molecule has 192 valence electrons. The van der Waals surface area contributed by atoms with E-state index >= 15 is 0 Å². The lowest BCUT2D eigenvalue weighted by Crippen LogP contribution is -2.28. The summed E-state index contributed by atoms with van der Waals surface area (Å²) in [6, 6.07) is 7.13. The van der Waals surface area contributed by atoms with Gasteiger partial charge in [0, 0.05) is 31.1 Å². The van der Waals surface area contributed by atoms with Gasteiger partial charge in [-0.05, 0) is 48.9 Å². The van der Waals surface area contributed by atoms with Gasteiger partial charge in [0.2, 0.25) is 5.88 Å². The van der Waals surface area contributed by atoms with Crippen molar-refractivity contribution in [3.63, 3.8) is 0 Å². The normalized spacial score (nSPS) is 13.0. The van der Waals surface area contributed by atoms with Crippen LogP contribution in [0.3, 0.4) is 0 Å². The monoisotopic (exact) mass is 517 g/mol. The second kappa shape index (κ2) is 9.88. The molecule has 0 saturated heterocycles. The molecule has 3 N–H and O–H groups in total. The highest BCUT2D eigenvalue weighted by molar-refractivity contribution is 6.05. The van der Waals surface area contributed by atoms with Crippen molar-refractivity contribution < 1.29 is 34.6 Å². The number of alkyl halides is 3. The Morgan fingerprint density at radius 2 is 1.92 bits per heavy atom. The zero-order valence-corrected chi connectivity index (χ0v) is 19.2. The van der Waals surface area contributed by atoms with Gasteiger partial charge in [-0.1, -0.05) is 6.07 Å². The lowest BCUT2D eigenvalue weighted by Gasteiger charge is -2.18. The van der Waals surface area contributed by atoms with E-state index in [0.717, 1.165) is 0 Å². The molecule has 4 rings (SSSR count). The van der Waals surface area contributed by atoms with Crippen LogP contribution in [0.4, 0.5) is 17.6 Å². The number of aromatic amines is 1. The zero-order chi connectivity index (χ0) is 28.3. The molecule has 37 heavy (non-hydrogen) atoms. The molecule has 2 aromatic carbocycles. The molecule has 0 fully saturated rings. The Hall–Kier alpha value is -4.48. The average molecular weight is 517 g/mol. The van der Waals surface area contributed by atoms with E-state index in [1.54, 1.807) is 18.2 Å². The summed E-state index contributed by atoms with van der Waals surface area (Å²) in [5.41, 5.74) is 0.0557. The van der Waals surface area contributed by atoms with Gasteiger partial charge in [-0.25, -0.2) is 9.37 Å². The molecule has 8 nitrogen and oxygen atoms in total. The highest BCUT2D eigenvalue weighted by Crippen LogP contribution is 2.32. The summed E-state index contributed by atoms with van der Waals surface area (Å²) in [5.74, 6) is -2.45. The predicted molar refractivity (Wildman–Crippen MR) is 127 cm³/mol. The van der Waals surface area contributed by atoms with Crippen LogP contribution >= 0.6 is 0 Å². The van der Waals surface area contributed by atoms with Crippen LogP contribution in [-0.2, 0) is 6.18 Å². The minimum Gasteiger partial charge on any atom is -0.480 e. The molecule has 0 aliphatic heterocycles. The number of carbonyl (C=O) groups is 2. The molecule has 0 saturated carbocycles. The van der Waals surface area contributed by atoms with Crippen molar-refractivity contribution in [2.24, 2.45) is 0 Å². The van der Waals surface area contributed by atoms with Gasteiger partial charge < -0.3 is 15.4 Å². The van der Waals surface area contributed by atoms with Crippen molar-refractivity contribution in [3.05, 3.63) is 76.9 Å². The van der Waals surface area contributed by atoms with Gasteiger partial charge in [0.25, 0.3) is 11.8 Å². The lowest BCUT2D eigenvalue weighted by molar-refractivity contribution is -0.137. The van der Waals surface area contributed by atoms with Crippen LogP contribution in [0, 0.1) is 5.82 Å². The number of fused-ring (bicyclic) bond motifs is 1. The minimum atomic E-state index is -4.69. The number of aromatic nitrogens is 3. The number of amides is 2. The smallest absolute Gasteiger partial charge is 0.416 e. The van der Waals surface area contributed by atoms with Crippen molar-refractivity contribution >= 4 is 22.7 Å². The van der Waals surface area contributed by atoms with Crippen LogP contribution in [0.1, 0.15) is 47.7 Å². The van der Waals surface area contributed by atoms with Crippen molar-refractivity contribution in [3.8, 4) is 17.0 Å². The molecule has 0 bridgehead atoms. The Kier molecular flexibility index (Phi) is 6.13. The van der Waals surface area contributed by atoms with E-state index in [1.165, 1.54) is 19.2 Å². The summed E-state index contributed by atoms with van der Waals surface area (Å²) in [6.07, 6.45) is -3.30. The van der Waals surface area contributed by atoms with Gasteiger partial charge >= 0.3 is 6.18 Å². The summed E-state index contributed by atoms with van der Waals surface area (Å²) in [4.78, 5) is 29.3. The molecule has 2 amide bonds. The van der Waals surface area contributed by atoms with Crippen LogP contribution in [0.5, 0.6) is 5.88 Å². The standard InChI is InChI=1S/C25H21F4N5O3/c1-12(17-10-15(25(27,28)29)5-7-19(17)26)32-22(35)18-8-14(11-31-24(18)37-3)13-4-6-16-20(9-13)33-34-21(16)23(36)30-2/h4-12H,1-3H3,(H,30,36)(H,32,35)(H,33,34)/t12-/m0/s1/i2D,3D. The first-order chi connectivity index (χ1) is 18.5. The van der Waals surface area contributed by atoms with E-state index in [-0.39, 0.29) is 29.7 Å². The molecule has 4 aromatic rings. The van der Waals surface area contributed by atoms with Gasteiger partial charge in [0.15, 0.2) is 5.69 Å². The Morgan fingerprint density at radius 3 is 2.65 bits per heavy atom. The van der Waals surface area contributed by atoms with E-state index in [0.29, 0.717) is 40.2 Å². The maximum Gasteiger partial charge on any atom is 0.416 e. The molecule has 2 aromatic heterocycles. The molecule has 0 spiro atoms. The zero-order valence-electron chi connectivity index (χ0n) is 21.2. The van der Waals surface area contributed by atoms with E-state index in [4.69, 9.17) is 7.48 Å². The highest BCUT2D eigenvalue weighted by Gasteiger charge is 2.32. The van der Waals surface area contributed by atoms with Crippen molar-refractivity contribution in [1.82, 2.24) is 25.8 Å². The number of benzene rings is 2. The second-order valence-electron chi connectivity index (χ2n) is 7.99. The maximum atomic E-state index is 14.3. The quantitative estimate of drug-likeness (QED) is 0.323. The van der Waals surface area contributed by atoms with Crippen LogP contribution in [0.25, 0.3) is 22.0 Å². The molecule has 12 heteroatoms. The Bertz CT molecular complexity index is 1540. The van der Waals surface area contributed by atoms with Crippen LogP contribution in [0.2, 0.25) is 0 Å². The van der Waals surface area contributed by atoms with Gasteiger partial charge in [0.05, 0.1) is 25.6 Å². The number of carbonyl (C=O) groups excluding carboxylic acids is 2. The largest absolute Gasteiger partial charge is 0.480 e. The number of hydrogen-bond donors (Lipinski definition) is 3. The summed E-state index contributed by atoms with van der Waals surface area (Å²) >= 11 is 0. The fourth-order valence-corrected chi connectivity index (χ4v) is 3.75. The molecule has 0 unspecified atom stereocenters. The number of nitrogens with one attached hydrogen (secondary N) is 3. The average Bonchev–Trinajstić information content (AvgIpc) is 3.32. The first-order valence-electron chi connectivity index (χ1n) is 12.1. The fourth-order valence-electron chi connectivity index (χ4n) is 3.75. The van der Waals surface area contributed by atoms with Crippen molar-refractivity contribution in [1.29, 1.82) is 0 Å². The number of nitrogens with zero attached hydrogens (tertiary/aromatic N) is 2. The fraction of sp³-hybridized carbons (Fsp3) is 0.200. The molecule has 0 radical (unpaired) electrons. The number of methoxy groups -OCH3 is 1. The third-order valence-electron chi connectivity index (χ3n) is 5.64. The Morgan fingerprint density at radius 1 is 1.11 bits per heavy atom. The first-order valence-corrected chi connectivity index (χ1v) is 10.7. The SMILES string of the molecule is [2H]CNC(=O)c1n[nH]c2cc(-c3cnc(OC[2H])c(C(=O)N[C@@H](C)c4cc(C(F)(F)F)ccc4F)c3)ccc12. The molecule has 0 aliphatic rings. The number of ether oxygens (including phenoxy) is 1. The van der Waals surface area contributed by atoms with E-state index in [9.17, 15) is 27.2 Å². The van der Waals surface area contributed by atoms with Gasteiger partial charge in [-0.15, -0.1) is 0 Å². The lowest BCUT2D eigenvalue weighted by atomic mass is 10.0. The Labute approximate surface area is 210 Å². The molecule has 0 aliphatic carbocycles. The summed E-state index contributed by atoms with van der Waals surface area (Å²) in [7, 11) is -0.874. The molecule has 1 atom stereocenters. The summed E-state index contributed by atoms with van der Waals surface area (Å²) in [6.45, 7) is 1.33. The number of H-pyrrole nitrogens is 1. The number of rotatable bonds is 6. The summed E-state index contributed by atoms with van der Waals surface area (Å²) in [5, 5.41) is 12.0. The molecular weight excluding hydrogens is 494 g/mol. The third-order valence-corrected chi connectivity index (χ3v) is 5.64. The van der Waals surface area contributed by atoms with Crippen LogP contribution in [-0.4, -0.2) is 41.1 Å². The first kappa shape index (κ1) is 23.0. The van der Waals surface area contributed by atoms with Gasteiger partial charge in [-0.3, -0.25) is 14.7 Å². The van der Waals surface area contributed by atoms with Crippen molar-refractivity contribution in [2.75, 3.05) is 14.1 Å². The van der Waals surface area contributed by atoms with Gasteiger partial charge in [-0.2, -0.15) is 18.3 Å². The third kappa shape index (κ3) is 5.08. The minimum absolute atomic E-state index is 0.108. The highest BCUT2D eigenvalue weighted by atomic mass is 19.4. The number of hydrogen-bond acceptors (Lipinski definition) is 5. The predicted octanol–water partition coefficient (Wildman–Crippen LogP) is 4.64. The van der Waals surface area contributed by atoms with Crippen LogP contribution < -0.4 is 15.4 Å². The summed E-state index contributed by atoms with van der Waals surface area (Å²) < 4.78 is 73.3. The van der Waals surface area contributed by atoms with Crippen molar-refractivity contribution in [2.45, 2.75) is 19.1 Å². The van der Waals surface area contributed by atoms with Crippen LogP contribution in [0.15, 0.2) is 48.7 Å². The second-order valence-corrected chi connectivity index (χ2v) is 7.99. The molecular formula is C25H21F4N5O3. The van der Waals surface area contributed by atoms with E-state index in [1.807, 2.05) is 0 Å². The van der Waals surface area contributed by atoms with E-state index < -0.39 is 42.5 Å². The van der Waals surface area contributed by atoms with E-state index in [2.05, 4.69) is 25.8 Å². The molecule has 2 heterocycles. The van der Waals surface area contributed by atoms with Gasteiger partial charge in [0.1, 0.15) is 11.4 Å². The topological polar surface area (TPSA) is 109 Å².